The number of benzene rings is 2. The number of carbonyl (C=O) groups excluding carboxylic acids is 1. The van der Waals surface area contributed by atoms with E-state index in [1.807, 2.05) is 37.3 Å². The lowest BCUT2D eigenvalue weighted by Gasteiger charge is -2.09. The third kappa shape index (κ3) is 4.77. The Morgan fingerprint density at radius 1 is 1.07 bits per heavy atom. The number of hydrogen-bond donors (Lipinski definition) is 1. The van der Waals surface area contributed by atoms with Crippen molar-refractivity contribution in [1.82, 2.24) is 4.98 Å². The summed E-state index contributed by atoms with van der Waals surface area (Å²) in [5.74, 6) is -0.919. The Hall–Kier alpha value is -3.27. The number of Topliss-reactive ketones (excluding diaryl/α,β-unsaturated/α-hetero) is 1. The summed E-state index contributed by atoms with van der Waals surface area (Å²) in [6, 6.07) is 15.9. The molecule has 0 unspecified atom stereocenters. The number of ketones is 1. The summed E-state index contributed by atoms with van der Waals surface area (Å²) in [7, 11) is 0. The number of aryl methyl sites for hydroxylation is 1. The van der Waals surface area contributed by atoms with Crippen LogP contribution in [0.3, 0.4) is 0 Å². The first kappa shape index (κ1) is 20.5. The lowest BCUT2D eigenvalue weighted by Crippen LogP contribution is -1.98. The molecular formula is C25H24FNO2. The van der Waals surface area contributed by atoms with Crippen LogP contribution in [0.25, 0.3) is 22.4 Å². The molecule has 29 heavy (non-hydrogen) atoms. The molecule has 0 aliphatic rings. The molecule has 0 aliphatic heterocycles. The summed E-state index contributed by atoms with van der Waals surface area (Å²) in [6.07, 6.45) is 6.42. The molecule has 0 amide bonds. The molecule has 148 valence electrons. The summed E-state index contributed by atoms with van der Waals surface area (Å²) < 4.78 is 14.7. The minimum atomic E-state index is -0.617. The Balaban J connectivity index is 1.83. The van der Waals surface area contributed by atoms with Crippen molar-refractivity contribution in [3.8, 4) is 28.1 Å². The van der Waals surface area contributed by atoms with Crippen molar-refractivity contribution in [1.29, 1.82) is 0 Å². The van der Waals surface area contributed by atoms with Crippen LogP contribution in [-0.2, 0) is 6.42 Å². The normalized spacial score (nSPS) is 11.1. The molecule has 3 rings (SSSR count). The first-order valence-corrected chi connectivity index (χ1v) is 9.77. The fraction of sp³-hybridized carbons (Fsp3) is 0.200. The average molecular weight is 389 g/mol. The third-order valence-electron chi connectivity index (χ3n) is 4.86. The standard InChI is InChI=1S/C25H24FNO2/c1-3-5-6-7-17-8-10-18(11-9-17)22-15-14-20(25(26)27-22)19-12-13-21(23(28)4-2)24(29)16-19/h3,5,8-16,29H,4,6-7H2,1-2H3/b5-3+. The first-order chi connectivity index (χ1) is 14.0. The quantitative estimate of drug-likeness (QED) is 0.290. The first-order valence-electron chi connectivity index (χ1n) is 9.77. The Kier molecular flexibility index (Phi) is 6.55. The molecule has 0 aliphatic carbocycles. The van der Waals surface area contributed by atoms with E-state index >= 15 is 0 Å². The van der Waals surface area contributed by atoms with Gasteiger partial charge in [-0.15, -0.1) is 0 Å². The fourth-order valence-corrected chi connectivity index (χ4v) is 3.19. The van der Waals surface area contributed by atoms with Crippen molar-refractivity contribution in [3.05, 3.63) is 83.8 Å². The van der Waals surface area contributed by atoms with E-state index < -0.39 is 5.95 Å². The van der Waals surface area contributed by atoms with E-state index in [4.69, 9.17) is 0 Å². The minimum Gasteiger partial charge on any atom is -0.507 e. The molecule has 3 nitrogen and oxygen atoms in total. The van der Waals surface area contributed by atoms with Crippen LogP contribution in [0, 0.1) is 5.95 Å². The number of phenolic OH excluding ortho intramolecular Hbond substituents is 1. The Bertz CT molecular complexity index is 1040. The van der Waals surface area contributed by atoms with Gasteiger partial charge in [0.1, 0.15) is 5.75 Å². The van der Waals surface area contributed by atoms with Crippen molar-refractivity contribution in [2.75, 3.05) is 0 Å². The largest absolute Gasteiger partial charge is 0.507 e. The topological polar surface area (TPSA) is 50.2 Å². The Morgan fingerprint density at radius 3 is 2.41 bits per heavy atom. The van der Waals surface area contributed by atoms with Gasteiger partial charge in [0.2, 0.25) is 5.95 Å². The van der Waals surface area contributed by atoms with Crippen molar-refractivity contribution in [2.24, 2.45) is 0 Å². The van der Waals surface area contributed by atoms with E-state index in [0.29, 0.717) is 17.7 Å². The number of allylic oxidation sites excluding steroid dienone is 2. The van der Waals surface area contributed by atoms with Crippen molar-refractivity contribution >= 4 is 5.78 Å². The molecule has 1 N–H and O–H groups in total. The van der Waals surface area contributed by atoms with Crippen LogP contribution in [0.2, 0.25) is 0 Å². The number of pyridine rings is 1. The summed E-state index contributed by atoms with van der Waals surface area (Å²) in [6.45, 7) is 3.74. The van der Waals surface area contributed by atoms with Gasteiger partial charge in [-0.25, -0.2) is 4.98 Å². The molecule has 4 heteroatoms. The van der Waals surface area contributed by atoms with E-state index in [0.717, 1.165) is 18.4 Å². The molecule has 0 radical (unpaired) electrons. The predicted octanol–water partition coefficient (Wildman–Crippen LogP) is 6.36. The number of hydrogen-bond acceptors (Lipinski definition) is 3. The van der Waals surface area contributed by atoms with Crippen LogP contribution >= 0.6 is 0 Å². The highest BCUT2D eigenvalue weighted by atomic mass is 19.1. The molecular weight excluding hydrogens is 365 g/mol. The number of nitrogens with zero attached hydrogens (tertiary/aromatic N) is 1. The van der Waals surface area contributed by atoms with Gasteiger partial charge in [0.05, 0.1) is 11.3 Å². The highest BCUT2D eigenvalue weighted by molar-refractivity contribution is 5.99. The van der Waals surface area contributed by atoms with Gasteiger partial charge < -0.3 is 5.11 Å². The zero-order valence-electron chi connectivity index (χ0n) is 16.7. The van der Waals surface area contributed by atoms with Gasteiger partial charge in [0.25, 0.3) is 0 Å². The summed E-state index contributed by atoms with van der Waals surface area (Å²) >= 11 is 0. The molecule has 2 aromatic carbocycles. The lowest BCUT2D eigenvalue weighted by molar-refractivity contribution is 0.0985. The van der Waals surface area contributed by atoms with Crippen molar-refractivity contribution in [3.63, 3.8) is 0 Å². The zero-order chi connectivity index (χ0) is 20.8. The average Bonchev–Trinajstić information content (AvgIpc) is 2.74. The van der Waals surface area contributed by atoms with Crippen LogP contribution in [0.15, 0.2) is 66.7 Å². The molecule has 0 spiro atoms. The highest BCUT2D eigenvalue weighted by Crippen LogP contribution is 2.30. The van der Waals surface area contributed by atoms with E-state index in [1.165, 1.54) is 17.7 Å². The van der Waals surface area contributed by atoms with Crippen molar-refractivity contribution < 1.29 is 14.3 Å². The van der Waals surface area contributed by atoms with E-state index in [2.05, 4.69) is 11.1 Å². The van der Waals surface area contributed by atoms with Gasteiger partial charge in [0, 0.05) is 17.5 Å². The predicted molar refractivity (Wildman–Crippen MR) is 114 cm³/mol. The second kappa shape index (κ2) is 9.28. The van der Waals surface area contributed by atoms with Gasteiger partial charge in [-0.3, -0.25) is 4.79 Å². The monoisotopic (exact) mass is 389 g/mol. The highest BCUT2D eigenvalue weighted by Gasteiger charge is 2.14. The van der Waals surface area contributed by atoms with Crippen LogP contribution in [0.5, 0.6) is 5.75 Å². The van der Waals surface area contributed by atoms with Gasteiger partial charge >= 0.3 is 0 Å². The molecule has 0 saturated carbocycles. The van der Waals surface area contributed by atoms with Gasteiger partial charge in [-0.1, -0.05) is 49.4 Å². The molecule has 0 fully saturated rings. The Morgan fingerprint density at radius 2 is 1.79 bits per heavy atom. The SMILES string of the molecule is C/C=C/CCc1ccc(-c2ccc(-c3ccc(C(=O)CC)c(O)c3)c(F)n2)cc1. The van der Waals surface area contributed by atoms with Gasteiger partial charge in [-0.2, -0.15) is 4.39 Å². The van der Waals surface area contributed by atoms with E-state index in [1.54, 1.807) is 25.1 Å². The smallest absolute Gasteiger partial charge is 0.221 e. The van der Waals surface area contributed by atoms with Crippen LogP contribution < -0.4 is 0 Å². The zero-order valence-corrected chi connectivity index (χ0v) is 16.7. The second-order valence-corrected chi connectivity index (χ2v) is 6.85. The Labute approximate surface area is 170 Å². The maximum absolute atomic E-state index is 14.7. The fourth-order valence-electron chi connectivity index (χ4n) is 3.19. The summed E-state index contributed by atoms with van der Waals surface area (Å²) in [4.78, 5) is 15.9. The number of rotatable bonds is 7. The summed E-state index contributed by atoms with van der Waals surface area (Å²) in [5.41, 5.74) is 3.62. The van der Waals surface area contributed by atoms with Crippen molar-refractivity contribution in [2.45, 2.75) is 33.1 Å². The van der Waals surface area contributed by atoms with Gasteiger partial charge in [0.15, 0.2) is 5.78 Å². The number of aromatic hydroxyl groups is 1. The second-order valence-electron chi connectivity index (χ2n) is 6.85. The minimum absolute atomic E-state index is 0.147. The maximum atomic E-state index is 14.7. The number of phenols is 1. The maximum Gasteiger partial charge on any atom is 0.221 e. The molecule has 0 bridgehead atoms. The molecule has 1 aromatic heterocycles. The number of carbonyl (C=O) groups is 1. The lowest BCUT2D eigenvalue weighted by atomic mass is 10.0. The molecule has 3 aromatic rings. The number of aromatic nitrogens is 1. The van der Waals surface area contributed by atoms with Gasteiger partial charge in [-0.05, 0) is 55.2 Å². The third-order valence-corrected chi connectivity index (χ3v) is 4.86. The molecule has 0 atom stereocenters. The van der Waals surface area contributed by atoms with Crippen LogP contribution in [0.4, 0.5) is 4.39 Å². The number of halogens is 1. The van der Waals surface area contributed by atoms with Crippen LogP contribution in [0.1, 0.15) is 42.6 Å². The van der Waals surface area contributed by atoms with E-state index in [9.17, 15) is 14.3 Å². The molecule has 0 saturated heterocycles. The van der Waals surface area contributed by atoms with E-state index in [-0.39, 0.29) is 22.7 Å². The molecule has 1 heterocycles. The summed E-state index contributed by atoms with van der Waals surface area (Å²) in [5, 5.41) is 10.1. The van der Waals surface area contributed by atoms with Crippen LogP contribution in [-0.4, -0.2) is 15.9 Å².